The number of aromatic nitrogens is 1. The number of nitrogens with zero attached hydrogens (tertiary/aromatic N) is 2. The summed E-state index contributed by atoms with van der Waals surface area (Å²) in [5, 5.41) is 8.97. The Hall–Kier alpha value is -1.89. The zero-order valence-corrected chi connectivity index (χ0v) is 14.3. The maximum atomic E-state index is 12.1. The second-order valence-corrected chi connectivity index (χ2v) is 6.94. The van der Waals surface area contributed by atoms with Gasteiger partial charge in [0.1, 0.15) is 5.76 Å². The van der Waals surface area contributed by atoms with E-state index in [-0.39, 0.29) is 11.4 Å². The fourth-order valence-corrected chi connectivity index (χ4v) is 3.93. The molecule has 0 spiro atoms. The first-order valence-corrected chi connectivity index (χ1v) is 8.87. The van der Waals surface area contributed by atoms with Gasteiger partial charge in [-0.05, 0) is 45.7 Å². The molecular weight excluding hydrogens is 308 g/mol. The van der Waals surface area contributed by atoms with Gasteiger partial charge in [-0.15, -0.1) is 0 Å². The van der Waals surface area contributed by atoms with Crippen LogP contribution in [0.3, 0.4) is 0 Å². The molecule has 7 nitrogen and oxygen atoms in total. The molecule has 1 saturated carbocycles. The number of piperidine rings is 1. The van der Waals surface area contributed by atoms with E-state index in [1.54, 1.807) is 13.0 Å². The van der Waals surface area contributed by atoms with E-state index < -0.39 is 11.8 Å². The van der Waals surface area contributed by atoms with Gasteiger partial charge in [-0.1, -0.05) is 24.4 Å². The molecule has 7 heteroatoms. The van der Waals surface area contributed by atoms with Crippen LogP contribution in [0.25, 0.3) is 0 Å². The first kappa shape index (κ1) is 17.0. The number of nitrogens with one attached hydrogen (secondary N) is 2. The molecule has 1 saturated heterocycles. The number of anilines is 1. The second-order valence-electron chi connectivity index (χ2n) is 6.94. The number of amides is 2. The van der Waals surface area contributed by atoms with Crippen molar-refractivity contribution in [3.05, 3.63) is 11.8 Å². The molecular formula is C17H26N4O3. The van der Waals surface area contributed by atoms with Crippen molar-refractivity contribution in [1.82, 2.24) is 15.4 Å². The van der Waals surface area contributed by atoms with E-state index in [0.29, 0.717) is 12.3 Å². The summed E-state index contributed by atoms with van der Waals surface area (Å²) in [7, 11) is 0. The number of hydrogen-bond donors (Lipinski definition) is 2. The minimum Gasteiger partial charge on any atom is -0.360 e. The number of likely N-dealkylation sites (tertiary alicyclic amines) is 1. The Morgan fingerprint density at radius 2 is 1.88 bits per heavy atom. The van der Waals surface area contributed by atoms with Gasteiger partial charge in [0.15, 0.2) is 5.82 Å². The lowest BCUT2D eigenvalue weighted by molar-refractivity contribution is -0.136. The number of carbonyl (C=O) groups excluding carboxylic acids is 2. The van der Waals surface area contributed by atoms with Crippen molar-refractivity contribution in [1.29, 1.82) is 0 Å². The highest BCUT2D eigenvalue weighted by Gasteiger charge is 2.40. The van der Waals surface area contributed by atoms with Crippen molar-refractivity contribution in [2.45, 2.75) is 57.4 Å². The standard InChI is InChI=1S/C17H26N4O3/c1-13-11-14(20-24-13)19-16(23)15(22)18-12-17(7-3-4-8-17)21-9-5-2-6-10-21/h11H,2-10,12H2,1H3,(H,18,22)(H,19,20,23). The Bertz CT molecular complexity index is 586. The highest BCUT2D eigenvalue weighted by molar-refractivity contribution is 6.39. The van der Waals surface area contributed by atoms with Crippen molar-refractivity contribution >= 4 is 17.6 Å². The summed E-state index contributed by atoms with van der Waals surface area (Å²) in [6.45, 7) is 4.46. The third-order valence-corrected chi connectivity index (χ3v) is 5.21. The van der Waals surface area contributed by atoms with Crippen LogP contribution in [0.1, 0.15) is 50.7 Å². The van der Waals surface area contributed by atoms with Crippen LogP contribution in [-0.2, 0) is 9.59 Å². The predicted octanol–water partition coefficient (Wildman–Crippen LogP) is 1.84. The molecule has 2 heterocycles. The first-order chi connectivity index (χ1) is 11.6. The predicted molar refractivity (Wildman–Crippen MR) is 89.5 cm³/mol. The molecule has 24 heavy (non-hydrogen) atoms. The second kappa shape index (κ2) is 7.34. The summed E-state index contributed by atoms with van der Waals surface area (Å²) in [5.41, 5.74) is 0.0286. The zero-order chi connectivity index (χ0) is 17.0. The van der Waals surface area contributed by atoms with E-state index in [9.17, 15) is 9.59 Å². The third kappa shape index (κ3) is 3.77. The smallest absolute Gasteiger partial charge is 0.314 e. The fraction of sp³-hybridized carbons (Fsp3) is 0.706. The Morgan fingerprint density at radius 1 is 1.17 bits per heavy atom. The quantitative estimate of drug-likeness (QED) is 0.820. The highest BCUT2D eigenvalue weighted by atomic mass is 16.5. The topological polar surface area (TPSA) is 87.5 Å². The number of aryl methyl sites for hydroxylation is 1. The SMILES string of the molecule is Cc1cc(NC(=O)C(=O)NCC2(N3CCCCC3)CCCC2)no1. The van der Waals surface area contributed by atoms with E-state index in [0.717, 1.165) is 25.9 Å². The van der Waals surface area contributed by atoms with E-state index in [1.165, 1.54) is 32.1 Å². The molecule has 1 aliphatic carbocycles. The van der Waals surface area contributed by atoms with E-state index in [4.69, 9.17) is 4.52 Å². The molecule has 0 aromatic carbocycles. The summed E-state index contributed by atoms with van der Waals surface area (Å²) < 4.78 is 4.88. The molecule has 0 radical (unpaired) electrons. The van der Waals surface area contributed by atoms with Gasteiger partial charge < -0.3 is 9.84 Å². The fourth-order valence-electron chi connectivity index (χ4n) is 3.93. The number of rotatable bonds is 4. The van der Waals surface area contributed by atoms with Crippen LogP contribution in [0.2, 0.25) is 0 Å². The summed E-state index contributed by atoms with van der Waals surface area (Å²) in [6, 6.07) is 1.58. The molecule has 2 fully saturated rings. The van der Waals surface area contributed by atoms with Gasteiger partial charge >= 0.3 is 11.8 Å². The van der Waals surface area contributed by atoms with Crippen molar-refractivity contribution < 1.29 is 14.1 Å². The van der Waals surface area contributed by atoms with E-state index >= 15 is 0 Å². The first-order valence-electron chi connectivity index (χ1n) is 8.87. The van der Waals surface area contributed by atoms with Crippen LogP contribution in [0.5, 0.6) is 0 Å². The van der Waals surface area contributed by atoms with Crippen LogP contribution >= 0.6 is 0 Å². The van der Waals surface area contributed by atoms with Crippen molar-refractivity contribution in [3.8, 4) is 0 Å². The minimum atomic E-state index is -0.699. The molecule has 2 aliphatic rings. The van der Waals surface area contributed by atoms with Gasteiger partial charge in [-0.3, -0.25) is 19.8 Å². The van der Waals surface area contributed by atoms with Gasteiger partial charge in [0.2, 0.25) is 0 Å². The van der Waals surface area contributed by atoms with Crippen LogP contribution in [0.15, 0.2) is 10.6 Å². The van der Waals surface area contributed by atoms with Crippen LogP contribution in [0, 0.1) is 6.92 Å². The lowest BCUT2D eigenvalue weighted by Gasteiger charge is -2.43. The molecule has 2 amide bonds. The molecule has 2 N–H and O–H groups in total. The Balaban J connectivity index is 1.55. The lowest BCUT2D eigenvalue weighted by Crippen LogP contribution is -2.56. The van der Waals surface area contributed by atoms with Crippen LogP contribution in [-0.4, -0.2) is 47.0 Å². The molecule has 1 aromatic rings. The Labute approximate surface area is 142 Å². The summed E-state index contributed by atoms with van der Waals surface area (Å²) in [5.74, 6) is -0.464. The number of hydrogen-bond acceptors (Lipinski definition) is 5. The number of carbonyl (C=O) groups is 2. The van der Waals surface area contributed by atoms with Crippen molar-refractivity contribution in [2.75, 3.05) is 25.0 Å². The molecule has 1 aromatic heterocycles. The Kier molecular flexibility index (Phi) is 5.18. The van der Waals surface area contributed by atoms with Gasteiger partial charge in [0.25, 0.3) is 0 Å². The van der Waals surface area contributed by atoms with Gasteiger partial charge in [-0.25, -0.2) is 0 Å². The lowest BCUT2D eigenvalue weighted by atomic mass is 9.92. The monoisotopic (exact) mass is 334 g/mol. The summed E-state index contributed by atoms with van der Waals surface area (Å²) in [4.78, 5) is 26.7. The normalized spacial score (nSPS) is 20.7. The highest BCUT2D eigenvalue weighted by Crippen LogP contribution is 2.36. The van der Waals surface area contributed by atoms with Crippen LogP contribution < -0.4 is 10.6 Å². The molecule has 0 bridgehead atoms. The molecule has 132 valence electrons. The van der Waals surface area contributed by atoms with Crippen molar-refractivity contribution in [3.63, 3.8) is 0 Å². The average Bonchev–Trinajstić information content (AvgIpc) is 3.23. The van der Waals surface area contributed by atoms with Gasteiger partial charge in [-0.2, -0.15) is 0 Å². The minimum absolute atomic E-state index is 0.0286. The Morgan fingerprint density at radius 3 is 2.50 bits per heavy atom. The van der Waals surface area contributed by atoms with Crippen LogP contribution in [0.4, 0.5) is 5.82 Å². The molecule has 0 atom stereocenters. The summed E-state index contributed by atoms with van der Waals surface area (Å²) >= 11 is 0. The van der Waals surface area contributed by atoms with Gasteiger partial charge in [0, 0.05) is 18.2 Å². The average molecular weight is 334 g/mol. The maximum absolute atomic E-state index is 12.1. The van der Waals surface area contributed by atoms with Gasteiger partial charge in [0.05, 0.1) is 0 Å². The van der Waals surface area contributed by atoms with E-state index in [1.807, 2.05) is 0 Å². The molecule has 1 aliphatic heterocycles. The largest absolute Gasteiger partial charge is 0.360 e. The molecule has 3 rings (SSSR count). The zero-order valence-electron chi connectivity index (χ0n) is 14.3. The summed E-state index contributed by atoms with van der Waals surface area (Å²) in [6.07, 6.45) is 8.31. The van der Waals surface area contributed by atoms with Crippen molar-refractivity contribution in [2.24, 2.45) is 0 Å². The third-order valence-electron chi connectivity index (χ3n) is 5.21. The maximum Gasteiger partial charge on any atom is 0.314 e. The molecule has 0 unspecified atom stereocenters. The van der Waals surface area contributed by atoms with E-state index in [2.05, 4.69) is 20.7 Å².